The molecule has 0 radical (unpaired) electrons. The molecule has 2 fully saturated rings. The zero-order valence-corrected chi connectivity index (χ0v) is 15.7. The van der Waals surface area contributed by atoms with Crippen molar-refractivity contribution >= 4 is 23.5 Å². The van der Waals surface area contributed by atoms with Crippen LogP contribution in [0.15, 0.2) is 24.3 Å². The third kappa shape index (κ3) is 4.21. The van der Waals surface area contributed by atoms with Crippen molar-refractivity contribution in [2.24, 2.45) is 5.92 Å². The predicted molar refractivity (Wildman–Crippen MR) is 99.4 cm³/mol. The number of carbonyl (C=O) groups excluding carboxylic acids is 1. The van der Waals surface area contributed by atoms with Crippen molar-refractivity contribution in [3.63, 3.8) is 0 Å². The van der Waals surface area contributed by atoms with E-state index in [0.717, 1.165) is 24.9 Å². The lowest BCUT2D eigenvalue weighted by molar-refractivity contribution is -0.143. The first-order valence-corrected chi connectivity index (χ1v) is 9.74. The molecule has 0 bridgehead atoms. The predicted octanol–water partition coefficient (Wildman–Crippen LogP) is 3.49. The molecule has 142 valence electrons. The summed E-state index contributed by atoms with van der Waals surface area (Å²) in [5.41, 5.74) is 0.378. The number of hydrogen-bond donors (Lipinski definition) is 1. The zero-order chi connectivity index (χ0) is 18.6. The van der Waals surface area contributed by atoms with Gasteiger partial charge in [0.1, 0.15) is 0 Å². The van der Waals surface area contributed by atoms with Crippen LogP contribution >= 0.6 is 11.6 Å². The monoisotopic (exact) mass is 379 g/mol. The Labute approximate surface area is 159 Å². The van der Waals surface area contributed by atoms with Gasteiger partial charge in [0.25, 0.3) is 0 Å². The van der Waals surface area contributed by atoms with Gasteiger partial charge < -0.3 is 14.7 Å². The number of ether oxygens (including phenoxy) is 1. The van der Waals surface area contributed by atoms with Crippen molar-refractivity contribution in [2.45, 2.75) is 43.9 Å². The van der Waals surface area contributed by atoms with Crippen LogP contribution in [0.25, 0.3) is 0 Å². The second-order valence-corrected chi connectivity index (χ2v) is 7.83. The maximum absolute atomic E-state index is 13.6. The number of aliphatic carboxylic acids is 1. The van der Waals surface area contributed by atoms with Crippen molar-refractivity contribution in [3.05, 3.63) is 34.9 Å². The Morgan fingerprint density at radius 3 is 2.77 bits per heavy atom. The van der Waals surface area contributed by atoms with Crippen LogP contribution < -0.4 is 0 Å². The van der Waals surface area contributed by atoms with E-state index in [1.165, 1.54) is 0 Å². The van der Waals surface area contributed by atoms with E-state index in [0.29, 0.717) is 44.0 Å². The zero-order valence-electron chi connectivity index (χ0n) is 15.0. The number of carboxylic acid groups (broad SMARTS) is 1. The van der Waals surface area contributed by atoms with Crippen molar-refractivity contribution in [1.29, 1.82) is 0 Å². The molecule has 6 heteroatoms. The summed E-state index contributed by atoms with van der Waals surface area (Å²) >= 11 is 6.20. The molecule has 0 aliphatic carbocycles. The molecule has 0 aromatic heterocycles. The number of hydrogen-bond acceptors (Lipinski definition) is 3. The van der Waals surface area contributed by atoms with Gasteiger partial charge in [-0.3, -0.25) is 9.59 Å². The summed E-state index contributed by atoms with van der Waals surface area (Å²) in [7, 11) is 0. The molecule has 1 atom stereocenters. The molecule has 2 aliphatic rings. The van der Waals surface area contributed by atoms with E-state index in [1.807, 2.05) is 29.2 Å². The molecule has 0 saturated carbocycles. The second-order valence-electron chi connectivity index (χ2n) is 7.40. The van der Waals surface area contributed by atoms with Crippen LogP contribution in [0, 0.1) is 5.92 Å². The third-order valence-electron chi connectivity index (χ3n) is 5.71. The number of rotatable bonds is 5. The Kier molecular flexibility index (Phi) is 6.20. The molecule has 1 aromatic rings. The fourth-order valence-electron chi connectivity index (χ4n) is 4.25. The Morgan fingerprint density at radius 1 is 1.31 bits per heavy atom. The van der Waals surface area contributed by atoms with E-state index in [-0.39, 0.29) is 18.2 Å². The highest BCUT2D eigenvalue weighted by molar-refractivity contribution is 6.30. The van der Waals surface area contributed by atoms with Gasteiger partial charge in [-0.25, -0.2) is 0 Å². The minimum absolute atomic E-state index is 0.142. The first kappa shape index (κ1) is 19.2. The molecule has 1 N–H and O–H groups in total. The van der Waals surface area contributed by atoms with E-state index in [9.17, 15) is 9.59 Å². The summed E-state index contributed by atoms with van der Waals surface area (Å²) < 4.78 is 5.53. The second kappa shape index (κ2) is 8.40. The van der Waals surface area contributed by atoms with E-state index < -0.39 is 11.4 Å². The lowest BCUT2D eigenvalue weighted by atomic mass is 9.72. The van der Waals surface area contributed by atoms with Gasteiger partial charge in [-0.2, -0.15) is 0 Å². The van der Waals surface area contributed by atoms with Gasteiger partial charge in [0.2, 0.25) is 5.91 Å². The molecule has 1 aromatic carbocycles. The standard InChI is InChI=1S/C20H26ClNO4/c21-17-5-1-4-16(13-17)20(8-11-26-12-9-20)19(25)22-10-2-3-15(14-22)6-7-18(23)24/h1,4-5,13,15H,2-3,6-12,14H2,(H,23,24)/t15-/m1/s1. The van der Waals surface area contributed by atoms with E-state index in [2.05, 4.69) is 0 Å². The molecular weight excluding hydrogens is 354 g/mol. The number of benzene rings is 1. The molecule has 0 spiro atoms. The van der Waals surface area contributed by atoms with Gasteiger partial charge in [0.05, 0.1) is 5.41 Å². The summed E-state index contributed by atoms with van der Waals surface area (Å²) in [5.74, 6) is -0.364. The van der Waals surface area contributed by atoms with Crippen LogP contribution in [-0.2, 0) is 19.7 Å². The average molecular weight is 380 g/mol. The molecule has 26 heavy (non-hydrogen) atoms. The fraction of sp³-hybridized carbons (Fsp3) is 0.600. The molecule has 0 unspecified atom stereocenters. The van der Waals surface area contributed by atoms with E-state index >= 15 is 0 Å². The smallest absolute Gasteiger partial charge is 0.303 e. The molecule has 3 rings (SSSR count). The van der Waals surface area contributed by atoms with Gasteiger partial charge in [0, 0.05) is 37.7 Å². The van der Waals surface area contributed by atoms with Crippen molar-refractivity contribution < 1.29 is 19.4 Å². The minimum atomic E-state index is -0.770. The van der Waals surface area contributed by atoms with Gasteiger partial charge in [0.15, 0.2) is 0 Å². The van der Waals surface area contributed by atoms with Crippen LogP contribution in [0.1, 0.15) is 44.1 Å². The Balaban J connectivity index is 1.80. The lowest BCUT2D eigenvalue weighted by Gasteiger charge is -2.43. The normalized spacial score (nSPS) is 22.8. The van der Waals surface area contributed by atoms with Gasteiger partial charge >= 0.3 is 5.97 Å². The lowest BCUT2D eigenvalue weighted by Crippen LogP contribution is -2.52. The topological polar surface area (TPSA) is 66.8 Å². The van der Waals surface area contributed by atoms with Gasteiger partial charge in [-0.15, -0.1) is 0 Å². The SMILES string of the molecule is O=C(O)CC[C@H]1CCCN(C(=O)C2(c3cccc(Cl)c3)CCOCC2)C1. The highest BCUT2D eigenvalue weighted by atomic mass is 35.5. The van der Waals surface area contributed by atoms with Gasteiger partial charge in [-0.1, -0.05) is 23.7 Å². The number of piperidine rings is 1. The van der Waals surface area contributed by atoms with Crippen LogP contribution in [0.5, 0.6) is 0 Å². The molecule has 1 amide bonds. The van der Waals surface area contributed by atoms with Crippen molar-refractivity contribution in [3.8, 4) is 0 Å². The quantitative estimate of drug-likeness (QED) is 0.850. The van der Waals surface area contributed by atoms with E-state index in [1.54, 1.807) is 0 Å². The van der Waals surface area contributed by atoms with E-state index in [4.69, 9.17) is 21.4 Å². The third-order valence-corrected chi connectivity index (χ3v) is 5.94. The molecule has 5 nitrogen and oxygen atoms in total. The maximum Gasteiger partial charge on any atom is 0.303 e. The highest BCUT2D eigenvalue weighted by Gasteiger charge is 2.44. The number of nitrogens with zero attached hydrogens (tertiary/aromatic N) is 1. The Hall–Kier alpha value is -1.59. The van der Waals surface area contributed by atoms with Crippen LogP contribution in [0.3, 0.4) is 0 Å². The average Bonchev–Trinajstić information content (AvgIpc) is 2.66. The summed E-state index contributed by atoms with van der Waals surface area (Å²) in [4.78, 5) is 26.4. The number of carbonyl (C=O) groups is 2. The van der Waals surface area contributed by atoms with Crippen LogP contribution in [0.2, 0.25) is 5.02 Å². The van der Waals surface area contributed by atoms with Crippen molar-refractivity contribution in [1.82, 2.24) is 4.90 Å². The highest BCUT2D eigenvalue weighted by Crippen LogP contribution is 2.39. The summed E-state index contributed by atoms with van der Waals surface area (Å²) in [6.07, 6.45) is 4.03. The molecule has 2 heterocycles. The maximum atomic E-state index is 13.6. The first-order valence-electron chi connectivity index (χ1n) is 9.36. The minimum Gasteiger partial charge on any atom is -0.481 e. The van der Waals surface area contributed by atoms with Gasteiger partial charge in [-0.05, 0) is 55.7 Å². The number of amides is 1. The van der Waals surface area contributed by atoms with Crippen LogP contribution in [-0.4, -0.2) is 48.2 Å². The fourth-order valence-corrected chi connectivity index (χ4v) is 4.44. The molecular formula is C20H26ClNO4. The largest absolute Gasteiger partial charge is 0.481 e. The summed E-state index contributed by atoms with van der Waals surface area (Å²) in [6, 6.07) is 7.61. The Morgan fingerprint density at radius 2 is 2.08 bits per heavy atom. The number of likely N-dealkylation sites (tertiary alicyclic amines) is 1. The van der Waals surface area contributed by atoms with Crippen LogP contribution in [0.4, 0.5) is 0 Å². The summed E-state index contributed by atoms with van der Waals surface area (Å²) in [6.45, 7) is 2.52. The Bertz CT molecular complexity index is 657. The van der Waals surface area contributed by atoms with Crippen molar-refractivity contribution in [2.75, 3.05) is 26.3 Å². The first-order chi connectivity index (χ1) is 12.5. The number of carboxylic acids is 1. The number of halogens is 1. The summed E-state index contributed by atoms with van der Waals surface area (Å²) in [5, 5.41) is 9.57. The molecule has 2 aliphatic heterocycles. The molecule has 2 saturated heterocycles.